The molecule has 0 bridgehead atoms. The number of halogens is 2. The van der Waals surface area contributed by atoms with Crippen molar-refractivity contribution in [1.82, 2.24) is 0 Å². The van der Waals surface area contributed by atoms with Gasteiger partial charge in [0.25, 0.3) is 0 Å². The molecule has 21 heavy (non-hydrogen) atoms. The zero-order valence-corrected chi connectivity index (χ0v) is 14.8. The molecule has 0 amide bonds. The molecule has 2 rings (SSSR count). The van der Waals surface area contributed by atoms with E-state index in [1.807, 2.05) is 24.3 Å². The van der Waals surface area contributed by atoms with Crippen LogP contribution in [0.1, 0.15) is 15.9 Å². The van der Waals surface area contributed by atoms with Crippen LogP contribution >= 0.6 is 31.9 Å². The van der Waals surface area contributed by atoms with E-state index in [-0.39, 0.29) is 5.78 Å². The number of hydrogen-bond donors (Lipinski definition) is 0. The van der Waals surface area contributed by atoms with E-state index >= 15 is 0 Å². The van der Waals surface area contributed by atoms with Gasteiger partial charge in [-0.25, -0.2) is 0 Å². The van der Waals surface area contributed by atoms with Crippen LogP contribution < -0.4 is 9.47 Å². The van der Waals surface area contributed by atoms with Gasteiger partial charge in [0.2, 0.25) is 0 Å². The summed E-state index contributed by atoms with van der Waals surface area (Å²) >= 11 is 6.83. The Morgan fingerprint density at radius 3 is 2.48 bits per heavy atom. The Bertz CT molecular complexity index is 669. The molecule has 0 fully saturated rings. The summed E-state index contributed by atoms with van der Waals surface area (Å²) in [5, 5.41) is 0. The fourth-order valence-electron chi connectivity index (χ4n) is 2.03. The number of hydrogen-bond acceptors (Lipinski definition) is 3. The number of benzene rings is 2. The number of methoxy groups -OCH3 is 2. The highest BCUT2D eigenvalue weighted by Gasteiger charge is 2.18. The zero-order valence-electron chi connectivity index (χ0n) is 11.7. The van der Waals surface area contributed by atoms with Crippen LogP contribution in [0.4, 0.5) is 0 Å². The number of carbonyl (C=O) groups excluding carboxylic acids is 1. The standard InChI is InChI=1S/C16H14Br2O3/c1-20-12-8-13(18)16(15(9-12)21-2)14(19)7-10-4-3-5-11(17)6-10/h3-6,8-9H,7H2,1-2H3. The van der Waals surface area contributed by atoms with E-state index in [9.17, 15) is 4.79 Å². The van der Waals surface area contributed by atoms with Crippen molar-refractivity contribution in [3.8, 4) is 11.5 Å². The third-order valence-electron chi connectivity index (χ3n) is 3.02. The van der Waals surface area contributed by atoms with E-state index in [1.54, 1.807) is 19.2 Å². The smallest absolute Gasteiger partial charge is 0.172 e. The summed E-state index contributed by atoms with van der Waals surface area (Å²) in [5.41, 5.74) is 1.47. The highest BCUT2D eigenvalue weighted by atomic mass is 79.9. The molecule has 2 aromatic carbocycles. The molecule has 3 nitrogen and oxygen atoms in total. The quantitative estimate of drug-likeness (QED) is 0.669. The molecule has 0 aliphatic rings. The van der Waals surface area contributed by atoms with Crippen molar-refractivity contribution in [2.24, 2.45) is 0 Å². The minimum atomic E-state index is -0.0144. The minimum Gasteiger partial charge on any atom is -0.497 e. The maximum Gasteiger partial charge on any atom is 0.172 e. The third kappa shape index (κ3) is 3.86. The molecule has 0 radical (unpaired) electrons. The molecule has 0 spiro atoms. The van der Waals surface area contributed by atoms with Crippen LogP contribution in [-0.2, 0) is 6.42 Å². The first-order valence-corrected chi connectivity index (χ1v) is 7.83. The summed E-state index contributed by atoms with van der Waals surface area (Å²) < 4.78 is 12.1. The van der Waals surface area contributed by atoms with Gasteiger partial charge in [-0.2, -0.15) is 0 Å². The lowest BCUT2D eigenvalue weighted by Crippen LogP contribution is -2.07. The molecule has 0 N–H and O–H groups in total. The van der Waals surface area contributed by atoms with Crippen LogP contribution in [0.5, 0.6) is 11.5 Å². The van der Waals surface area contributed by atoms with E-state index in [0.717, 1.165) is 10.0 Å². The monoisotopic (exact) mass is 412 g/mol. The first kappa shape index (κ1) is 16.0. The summed E-state index contributed by atoms with van der Waals surface area (Å²) in [6, 6.07) is 11.2. The fraction of sp³-hybridized carbons (Fsp3) is 0.188. The number of ketones is 1. The van der Waals surface area contributed by atoms with Gasteiger partial charge in [-0.15, -0.1) is 0 Å². The average molecular weight is 414 g/mol. The molecule has 0 heterocycles. The summed E-state index contributed by atoms with van der Waals surface area (Å²) in [5.74, 6) is 1.12. The molecule has 0 aliphatic heterocycles. The largest absolute Gasteiger partial charge is 0.497 e. The van der Waals surface area contributed by atoms with Crippen LogP contribution in [0, 0.1) is 0 Å². The molecule has 110 valence electrons. The van der Waals surface area contributed by atoms with Crippen molar-refractivity contribution in [3.05, 3.63) is 56.5 Å². The van der Waals surface area contributed by atoms with Crippen molar-refractivity contribution in [2.45, 2.75) is 6.42 Å². The van der Waals surface area contributed by atoms with Gasteiger partial charge in [-0.3, -0.25) is 4.79 Å². The zero-order chi connectivity index (χ0) is 15.4. The van der Waals surface area contributed by atoms with Crippen molar-refractivity contribution in [1.29, 1.82) is 0 Å². The van der Waals surface area contributed by atoms with Crippen LogP contribution in [0.2, 0.25) is 0 Å². The van der Waals surface area contributed by atoms with Gasteiger partial charge in [0.05, 0.1) is 19.8 Å². The van der Waals surface area contributed by atoms with Crippen LogP contribution in [-0.4, -0.2) is 20.0 Å². The number of Topliss-reactive ketones (excluding diaryl/α,β-unsaturated/α-hetero) is 1. The third-order valence-corrected chi connectivity index (χ3v) is 4.13. The lowest BCUT2D eigenvalue weighted by Gasteiger charge is -2.12. The van der Waals surface area contributed by atoms with Gasteiger partial charge in [0, 0.05) is 21.4 Å². The van der Waals surface area contributed by atoms with Gasteiger partial charge in [-0.05, 0) is 39.7 Å². The Hall–Kier alpha value is -1.33. The predicted octanol–water partition coefficient (Wildman–Crippen LogP) is 4.65. The maximum absolute atomic E-state index is 12.6. The normalized spacial score (nSPS) is 10.3. The Morgan fingerprint density at radius 2 is 1.86 bits per heavy atom. The highest BCUT2D eigenvalue weighted by Crippen LogP contribution is 2.33. The van der Waals surface area contributed by atoms with E-state index in [2.05, 4.69) is 31.9 Å². The average Bonchev–Trinajstić information content (AvgIpc) is 2.45. The second-order valence-electron chi connectivity index (χ2n) is 4.42. The minimum absolute atomic E-state index is 0.0144. The SMILES string of the molecule is COc1cc(Br)c(C(=O)Cc2cccc(Br)c2)c(OC)c1. The van der Waals surface area contributed by atoms with Crippen molar-refractivity contribution >= 4 is 37.6 Å². The summed E-state index contributed by atoms with van der Waals surface area (Å²) in [4.78, 5) is 12.6. The number of rotatable bonds is 5. The summed E-state index contributed by atoms with van der Waals surface area (Å²) in [6.07, 6.45) is 0.306. The first-order valence-electron chi connectivity index (χ1n) is 6.24. The molecule has 0 aromatic heterocycles. The summed E-state index contributed by atoms with van der Waals surface area (Å²) in [6.45, 7) is 0. The molecule has 0 unspecified atom stereocenters. The predicted molar refractivity (Wildman–Crippen MR) is 89.4 cm³/mol. The van der Waals surface area contributed by atoms with Crippen LogP contribution in [0.25, 0.3) is 0 Å². The lowest BCUT2D eigenvalue weighted by atomic mass is 10.0. The van der Waals surface area contributed by atoms with Crippen LogP contribution in [0.3, 0.4) is 0 Å². The van der Waals surface area contributed by atoms with Crippen molar-refractivity contribution in [2.75, 3.05) is 14.2 Å². The topological polar surface area (TPSA) is 35.5 Å². The van der Waals surface area contributed by atoms with E-state index < -0.39 is 0 Å². The second-order valence-corrected chi connectivity index (χ2v) is 6.19. The molecule has 0 saturated carbocycles. The van der Waals surface area contributed by atoms with Gasteiger partial charge >= 0.3 is 0 Å². The number of carbonyl (C=O) groups is 1. The highest BCUT2D eigenvalue weighted by molar-refractivity contribution is 9.10. The van der Waals surface area contributed by atoms with Gasteiger partial charge in [-0.1, -0.05) is 28.1 Å². The second kappa shape index (κ2) is 7.09. The van der Waals surface area contributed by atoms with Crippen molar-refractivity contribution in [3.63, 3.8) is 0 Å². The van der Waals surface area contributed by atoms with Gasteiger partial charge in [0.15, 0.2) is 5.78 Å². The Morgan fingerprint density at radius 1 is 1.10 bits per heavy atom. The maximum atomic E-state index is 12.6. The molecular formula is C16H14Br2O3. The Kier molecular flexibility index (Phi) is 5.42. The fourth-order valence-corrected chi connectivity index (χ4v) is 3.12. The first-order chi connectivity index (χ1) is 10.0. The van der Waals surface area contributed by atoms with Crippen LogP contribution in [0.15, 0.2) is 45.3 Å². The molecular weight excluding hydrogens is 400 g/mol. The lowest BCUT2D eigenvalue weighted by molar-refractivity contribution is 0.0989. The molecule has 0 aliphatic carbocycles. The Balaban J connectivity index is 2.34. The Labute approximate surface area is 140 Å². The molecule has 0 atom stereocenters. The molecule has 5 heteroatoms. The van der Waals surface area contributed by atoms with E-state index in [1.165, 1.54) is 7.11 Å². The van der Waals surface area contributed by atoms with E-state index in [4.69, 9.17) is 9.47 Å². The molecule has 2 aromatic rings. The van der Waals surface area contributed by atoms with E-state index in [0.29, 0.717) is 28.0 Å². The summed E-state index contributed by atoms with van der Waals surface area (Å²) in [7, 11) is 3.11. The van der Waals surface area contributed by atoms with Gasteiger partial charge in [0.1, 0.15) is 11.5 Å². The number of ether oxygens (including phenoxy) is 2. The van der Waals surface area contributed by atoms with Crippen molar-refractivity contribution < 1.29 is 14.3 Å². The van der Waals surface area contributed by atoms with Gasteiger partial charge < -0.3 is 9.47 Å². The molecule has 0 saturated heterocycles.